The summed E-state index contributed by atoms with van der Waals surface area (Å²) in [6, 6.07) is 15.6. The Hall–Kier alpha value is -3.35. The first-order valence-corrected chi connectivity index (χ1v) is 12.7. The van der Waals surface area contributed by atoms with E-state index in [0.29, 0.717) is 27.6 Å². The Kier molecular flexibility index (Phi) is 7.38. The number of carbonyl (C=O) groups excluding carboxylic acids is 2. The van der Waals surface area contributed by atoms with E-state index in [1.807, 2.05) is 0 Å². The maximum Gasteiger partial charge on any atom is 0.316 e. The van der Waals surface area contributed by atoms with Gasteiger partial charge in [0.15, 0.2) is 0 Å². The quantitative estimate of drug-likeness (QED) is 0.352. The second-order valence-corrected chi connectivity index (χ2v) is 10.5. The number of nitrogens with zero attached hydrogens (tertiary/aromatic N) is 4. The lowest BCUT2D eigenvalue weighted by Crippen LogP contribution is -2.37. The Morgan fingerprint density at radius 1 is 1.03 bits per heavy atom. The minimum Gasteiger partial charge on any atom is -0.322 e. The summed E-state index contributed by atoms with van der Waals surface area (Å²) in [5, 5.41) is 11.0. The zero-order valence-corrected chi connectivity index (χ0v) is 21.2. The molecule has 4 rings (SSSR count). The molecule has 3 aromatic rings. The fourth-order valence-electron chi connectivity index (χ4n) is 3.42. The topological polar surface area (TPSA) is 138 Å². The molecule has 0 saturated carbocycles. The molecule has 10 nitrogen and oxygen atoms in total. The Bertz CT molecular complexity index is 1500. The highest BCUT2D eigenvalue weighted by molar-refractivity contribution is 7.90. The summed E-state index contributed by atoms with van der Waals surface area (Å²) in [4.78, 5) is 25.1. The number of amides is 2. The highest BCUT2D eigenvalue weighted by Gasteiger charge is 2.35. The van der Waals surface area contributed by atoms with Gasteiger partial charge in [-0.15, -0.1) is 14.6 Å². The molecular weight excluding hydrogens is 527 g/mol. The van der Waals surface area contributed by atoms with Crippen LogP contribution in [0.25, 0.3) is 0 Å². The van der Waals surface area contributed by atoms with E-state index in [-0.39, 0.29) is 23.7 Å². The minimum atomic E-state index is -3.82. The zero-order valence-electron chi connectivity index (χ0n) is 18.9. The van der Waals surface area contributed by atoms with Crippen molar-refractivity contribution in [1.82, 2.24) is 4.41 Å². The smallest absolute Gasteiger partial charge is 0.316 e. The second kappa shape index (κ2) is 10.3. The van der Waals surface area contributed by atoms with Crippen molar-refractivity contribution >= 4 is 62.3 Å². The van der Waals surface area contributed by atoms with Gasteiger partial charge < -0.3 is 5.32 Å². The van der Waals surface area contributed by atoms with Gasteiger partial charge in [-0.25, -0.2) is 0 Å². The fourth-order valence-corrected chi connectivity index (χ4v) is 5.13. The van der Waals surface area contributed by atoms with Crippen LogP contribution < -0.4 is 15.5 Å². The van der Waals surface area contributed by atoms with Crippen LogP contribution in [0.15, 0.2) is 70.9 Å². The molecule has 36 heavy (non-hydrogen) atoms. The number of benzene rings is 3. The van der Waals surface area contributed by atoms with Crippen molar-refractivity contribution in [3.05, 3.63) is 87.4 Å². The molecular formula is C23H20Cl2N6O4S. The first kappa shape index (κ1) is 25.7. The average molecular weight is 547 g/mol. The van der Waals surface area contributed by atoms with Crippen molar-refractivity contribution in [2.75, 3.05) is 22.7 Å². The lowest BCUT2D eigenvalue weighted by Gasteiger charge is -2.18. The third kappa shape index (κ3) is 5.40. The van der Waals surface area contributed by atoms with Crippen molar-refractivity contribution in [2.24, 2.45) is 16.1 Å². The van der Waals surface area contributed by atoms with Crippen molar-refractivity contribution in [2.45, 2.75) is 6.92 Å². The van der Waals surface area contributed by atoms with E-state index in [1.54, 1.807) is 43.3 Å². The standard InChI is InChI=1S/C23H20Cl2N6O4S/c1-14-5-6-17(12-21(14)28-29-22(32)15-3-2-4-16(24)11-15)27-23(33)19-8-7-18(13-20(19)25)30-9-10-31(26)36(30,34)35/h2-8,11-13H,9-10,26H2,1H3,(H,27,33). The van der Waals surface area contributed by atoms with Crippen LogP contribution in [0.2, 0.25) is 10.0 Å². The molecule has 0 atom stereocenters. The van der Waals surface area contributed by atoms with Crippen molar-refractivity contribution in [3.63, 3.8) is 0 Å². The number of carbonyl (C=O) groups is 2. The van der Waals surface area contributed by atoms with E-state index >= 15 is 0 Å². The van der Waals surface area contributed by atoms with Crippen molar-refractivity contribution < 1.29 is 18.0 Å². The molecule has 0 radical (unpaired) electrons. The number of halogens is 2. The van der Waals surface area contributed by atoms with Crippen LogP contribution >= 0.6 is 23.2 Å². The highest BCUT2D eigenvalue weighted by atomic mass is 35.5. The van der Waals surface area contributed by atoms with Gasteiger partial charge in [-0.05, 0) is 61.0 Å². The van der Waals surface area contributed by atoms with E-state index < -0.39 is 22.0 Å². The predicted molar refractivity (Wildman–Crippen MR) is 138 cm³/mol. The number of aryl methyl sites for hydroxylation is 1. The molecule has 1 aliphatic heterocycles. The molecule has 1 saturated heterocycles. The molecule has 0 bridgehead atoms. The van der Waals surface area contributed by atoms with Gasteiger partial charge in [-0.2, -0.15) is 8.42 Å². The van der Waals surface area contributed by atoms with Crippen LogP contribution in [0.4, 0.5) is 17.1 Å². The molecule has 0 spiro atoms. The first-order valence-electron chi connectivity index (χ1n) is 10.5. The number of hydrogen-bond donors (Lipinski definition) is 2. The van der Waals surface area contributed by atoms with Gasteiger partial charge in [0, 0.05) is 22.8 Å². The number of rotatable bonds is 5. The van der Waals surface area contributed by atoms with E-state index in [2.05, 4.69) is 15.5 Å². The first-order chi connectivity index (χ1) is 17.1. The summed E-state index contributed by atoms with van der Waals surface area (Å²) in [6.07, 6.45) is 0. The van der Waals surface area contributed by atoms with Crippen LogP contribution in [-0.4, -0.2) is 37.7 Å². The number of anilines is 2. The zero-order chi connectivity index (χ0) is 26.0. The molecule has 0 unspecified atom stereocenters. The van der Waals surface area contributed by atoms with E-state index in [4.69, 9.17) is 29.0 Å². The number of hydrazine groups is 1. The second-order valence-electron chi connectivity index (χ2n) is 7.83. The van der Waals surface area contributed by atoms with Crippen LogP contribution in [0.5, 0.6) is 0 Å². The molecule has 186 valence electrons. The Morgan fingerprint density at radius 2 is 1.81 bits per heavy atom. The van der Waals surface area contributed by atoms with Crippen LogP contribution in [0.3, 0.4) is 0 Å². The predicted octanol–water partition coefficient (Wildman–Crippen LogP) is 4.72. The minimum absolute atomic E-state index is 0.0646. The van der Waals surface area contributed by atoms with Gasteiger partial charge >= 0.3 is 10.2 Å². The van der Waals surface area contributed by atoms with Gasteiger partial charge in [0.2, 0.25) is 0 Å². The third-order valence-electron chi connectivity index (χ3n) is 5.37. The summed E-state index contributed by atoms with van der Waals surface area (Å²) < 4.78 is 26.4. The summed E-state index contributed by atoms with van der Waals surface area (Å²) in [5.41, 5.74) is 2.26. The SMILES string of the molecule is Cc1ccc(NC(=O)c2ccc(N3CCN(N)S3(=O)=O)cc2Cl)cc1N=NC(=O)c1cccc(Cl)c1. The van der Waals surface area contributed by atoms with Crippen molar-refractivity contribution in [1.29, 1.82) is 0 Å². The Labute approximate surface area is 217 Å². The van der Waals surface area contributed by atoms with E-state index in [0.717, 1.165) is 14.3 Å². The molecule has 13 heteroatoms. The van der Waals surface area contributed by atoms with E-state index in [9.17, 15) is 18.0 Å². The monoisotopic (exact) mass is 546 g/mol. The molecule has 0 aromatic heterocycles. The molecule has 0 aliphatic carbocycles. The lowest BCUT2D eigenvalue weighted by atomic mass is 10.1. The lowest BCUT2D eigenvalue weighted by molar-refractivity contribution is 0.0992. The number of nitrogens with one attached hydrogen (secondary N) is 1. The van der Waals surface area contributed by atoms with Gasteiger partial charge in [0.25, 0.3) is 11.8 Å². The number of hydrogen-bond acceptors (Lipinski definition) is 6. The maximum absolute atomic E-state index is 12.8. The Balaban J connectivity index is 1.50. The number of azo groups is 1. The maximum atomic E-state index is 12.8. The summed E-state index contributed by atoms with van der Waals surface area (Å²) in [7, 11) is -3.82. The largest absolute Gasteiger partial charge is 0.322 e. The average Bonchev–Trinajstić information content (AvgIpc) is 3.10. The summed E-state index contributed by atoms with van der Waals surface area (Å²) in [6.45, 7) is 2.09. The molecule has 1 fully saturated rings. The molecule has 2 amide bonds. The summed E-state index contributed by atoms with van der Waals surface area (Å²) >= 11 is 12.2. The highest BCUT2D eigenvalue weighted by Crippen LogP contribution is 2.30. The van der Waals surface area contributed by atoms with Gasteiger partial charge in [-0.1, -0.05) is 35.3 Å². The Morgan fingerprint density at radius 3 is 2.47 bits per heavy atom. The van der Waals surface area contributed by atoms with Crippen LogP contribution in [-0.2, 0) is 10.2 Å². The van der Waals surface area contributed by atoms with Crippen molar-refractivity contribution in [3.8, 4) is 0 Å². The normalized spacial score (nSPS) is 15.4. The summed E-state index contributed by atoms with van der Waals surface area (Å²) in [5.74, 6) is 4.43. The molecule has 3 N–H and O–H groups in total. The van der Waals surface area contributed by atoms with Gasteiger partial charge in [-0.3, -0.25) is 19.7 Å². The molecule has 1 aliphatic rings. The fraction of sp³-hybridized carbons (Fsp3) is 0.130. The van der Waals surface area contributed by atoms with E-state index in [1.165, 1.54) is 24.3 Å². The van der Waals surface area contributed by atoms with Gasteiger partial charge in [0.1, 0.15) is 0 Å². The third-order valence-corrected chi connectivity index (χ3v) is 7.64. The van der Waals surface area contributed by atoms with Crippen LogP contribution in [0.1, 0.15) is 26.3 Å². The van der Waals surface area contributed by atoms with Crippen LogP contribution in [0, 0.1) is 6.92 Å². The molecule has 1 heterocycles. The van der Waals surface area contributed by atoms with Gasteiger partial charge in [0.05, 0.1) is 28.5 Å². The molecule has 3 aromatic carbocycles. The number of nitrogens with two attached hydrogens (primary N) is 1.